The summed E-state index contributed by atoms with van der Waals surface area (Å²) in [6.07, 6.45) is 2.72. The summed E-state index contributed by atoms with van der Waals surface area (Å²) >= 11 is 18.4. The van der Waals surface area contributed by atoms with Gasteiger partial charge in [0, 0.05) is 28.2 Å². The fraction of sp³-hybridized carbons (Fsp3) is 0.417. The summed E-state index contributed by atoms with van der Waals surface area (Å²) in [6.45, 7) is 5.27. The van der Waals surface area contributed by atoms with Crippen LogP contribution in [0.5, 0.6) is 0 Å². The number of carbonyl (C=O) groups excluding carboxylic acids is 2. The van der Waals surface area contributed by atoms with Crippen LogP contribution in [0.4, 0.5) is 5.69 Å². The average molecular weight is 563 g/mol. The molecule has 7 nitrogen and oxygen atoms in total. The number of benzene rings is 2. The summed E-state index contributed by atoms with van der Waals surface area (Å²) in [6, 6.07) is 8.78. The minimum absolute atomic E-state index is 0.0106. The molecule has 0 saturated carbocycles. The fourth-order valence-corrected chi connectivity index (χ4v) is 4.93. The molecular formula is C24H30Cl3N3O4S. The van der Waals surface area contributed by atoms with E-state index in [-0.39, 0.29) is 18.1 Å². The first-order valence-electron chi connectivity index (χ1n) is 11.1. The summed E-state index contributed by atoms with van der Waals surface area (Å²) in [4.78, 5) is 27.7. The lowest BCUT2D eigenvalue weighted by Gasteiger charge is -2.32. The standard InChI is InChI=1S/C24H30Cl3N3O4S/c1-5-6-11-28-24(32)17(3)29(14-18-8-10-19(25)12-21(18)27)23(31)15-30(35(4,33)34)22-13-20(26)9-7-16(22)2/h7-10,12-13,17H,5-6,11,14-15H2,1-4H3,(H,28,32)/t17-/m1/s1. The molecule has 0 unspecified atom stereocenters. The van der Waals surface area contributed by atoms with E-state index in [4.69, 9.17) is 34.8 Å². The maximum absolute atomic E-state index is 13.6. The first kappa shape index (κ1) is 29.2. The van der Waals surface area contributed by atoms with Crippen LogP contribution in [-0.4, -0.2) is 50.5 Å². The number of nitrogens with zero attached hydrogens (tertiary/aromatic N) is 2. The molecule has 2 amide bonds. The lowest BCUT2D eigenvalue weighted by atomic mass is 10.1. The van der Waals surface area contributed by atoms with Gasteiger partial charge in [-0.2, -0.15) is 0 Å². The number of amides is 2. The number of sulfonamides is 1. The molecule has 11 heteroatoms. The molecule has 2 rings (SSSR count). The van der Waals surface area contributed by atoms with E-state index >= 15 is 0 Å². The number of unbranched alkanes of at least 4 members (excludes halogenated alkanes) is 1. The molecule has 192 valence electrons. The van der Waals surface area contributed by atoms with Gasteiger partial charge in [-0.25, -0.2) is 8.42 Å². The monoisotopic (exact) mass is 561 g/mol. The first-order valence-corrected chi connectivity index (χ1v) is 14.1. The molecule has 0 aliphatic rings. The predicted octanol–water partition coefficient (Wildman–Crippen LogP) is 5.05. The van der Waals surface area contributed by atoms with E-state index in [1.54, 1.807) is 44.2 Å². The predicted molar refractivity (Wildman–Crippen MR) is 143 cm³/mol. The fourth-order valence-electron chi connectivity index (χ4n) is 3.40. The number of nitrogens with one attached hydrogen (secondary N) is 1. The molecule has 0 bridgehead atoms. The van der Waals surface area contributed by atoms with E-state index in [1.165, 1.54) is 11.0 Å². The van der Waals surface area contributed by atoms with Crippen LogP contribution in [0.15, 0.2) is 36.4 Å². The van der Waals surface area contributed by atoms with Gasteiger partial charge in [0.1, 0.15) is 12.6 Å². The van der Waals surface area contributed by atoms with Gasteiger partial charge in [-0.1, -0.05) is 60.3 Å². The number of carbonyl (C=O) groups is 2. The van der Waals surface area contributed by atoms with Crippen LogP contribution in [0.25, 0.3) is 0 Å². The Morgan fingerprint density at radius 2 is 1.69 bits per heavy atom. The molecular weight excluding hydrogens is 533 g/mol. The van der Waals surface area contributed by atoms with Gasteiger partial charge in [0.2, 0.25) is 21.8 Å². The third kappa shape index (κ3) is 8.27. The largest absolute Gasteiger partial charge is 0.354 e. The molecule has 0 aliphatic carbocycles. The van der Waals surface area contributed by atoms with Crippen molar-refractivity contribution in [2.45, 2.75) is 46.2 Å². The minimum atomic E-state index is -3.85. The Kier molecular flexibility index (Phi) is 10.7. The van der Waals surface area contributed by atoms with Crippen molar-refractivity contribution in [3.8, 4) is 0 Å². The van der Waals surface area contributed by atoms with E-state index in [2.05, 4.69) is 5.32 Å². The Labute approximate surface area is 222 Å². The highest BCUT2D eigenvalue weighted by Gasteiger charge is 2.31. The Balaban J connectivity index is 2.43. The topological polar surface area (TPSA) is 86.8 Å². The van der Waals surface area contributed by atoms with Gasteiger partial charge in [0.15, 0.2) is 0 Å². The molecule has 0 aromatic heterocycles. The molecule has 0 spiro atoms. The summed E-state index contributed by atoms with van der Waals surface area (Å²) < 4.78 is 26.4. The molecule has 0 heterocycles. The van der Waals surface area contributed by atoms with Crippen LogP contribution in [-0.2, 0) is 26.2 Å². The minimum Gasteiger partial charge on any atom is -0.354 e. The highest BCUT2D eigenvalue weighted by atomic mass is 35.5. The molecule has 1 atom stereocenters. The SMILES string of the molecule is CCCCNC(=O)[C@@H](C)N(Cc1ccc(Cl)cc1Cl)C(=O)CN(c1cc(Cl)ccc1C)S(C)(=O)=O. The van der Waals surface area contributed by atoms with Crippen LogP contribution >= 0.6 is 34.8 Å². The van der Waals surface area contributed by atoms with Gasteiger partial charge in [-0.15, -0.1) is 0 Å². The van der Waals surface area contributed by atoms with E-state index in [0.717, 1.165) is 23.4 Å². The quantitative estimate of drug-likeness (QED) is 0.388. The van der Waals surface area contributed by atoms with Crippen LogP contribution in [0, 0.1) is 6.92 Å². The van der Waals surface area contributed by atoms with Crippen molar-refractivity contribution < 1.29 is 18.0 Å². The van der Waals surface area contributed by atoms with Gasteiger partial charge in [0.25, 0.3) is 0 Å². The van der Waals surface area contributed by atoms with Crippen LogP contribution < -0.4 is 9.62 Å². The van der Waals surface area contributed by atoms with Crippen LogP contribution in [0.3, 0.4) is 0 Å². The molecule has 0 fully saturated rings. The zero-order chi connectivity index (χ0) is 26.3. The lowest BCUT2D eigenvalue weighted by Crippen LogP contribution is -2.51. The van der Waals surface area contributed by atoms with E-state index in [0.29, 0.717) is 32.7 Å². The first-order chi connectivity index (χ1) is 16.3. The van der Waals surface area contributed by atoms with Crippen LogP contribution in [0.1, 0.15) is 37.8 Å². The second-order valence-corrected chi connectivity index (χ2v) is 11.5. The molecule has 2 aromatic carbocycles. The lowest BCUT2D eigenvalue weighted by molar-refractivity contribution is -0.139. The summed E-state index contributed by atoms with van der Waals surface area (Å²) in [5.41, 5.74) is 1.49. The number of hydrogen-bond donors (Lipinski definition) is 1. The third-order valence-electron chi connectivity index (χ3n) is 5.47. The Morgan fingerprint density at radius 3 is 2.29 bits per heavy atom. The average Bonchev–Trinajstić information content (AvgIpc) is 2.77. The van der Waals surface area contributed by atoms with Gasteiger partial charge in [0.05, 0.1) is 11.9 Å². The molecule has 0 aliphatic heterocycles. The zero-order valence-corrected chi connectivity index (χ0v) is 23.2. The van der Waals surface area contributed by atoms with Crippen molar-refractivity contribution in [1.82, 2.24) is 10.2 Å². The number of hydrogen-bond acceptors (Lipinski definition) is 4. The Morgan fingerprint density at radius 1 is 1.06 bits per heavy atom. The van der Waals surface area contributed by atoms with Crippen molar-refractivity contribution in [2.24, 2.45) is 0 Å². The molecule has 0 radical (unpaired) electrons. The zero-order valence-electron chi connectivity index (χ0n) is 20.1. The van der Waals surface area contributed by atoms with Crippen molar-refractivity contribution in [3.63, 3.8) is 0 Å². The highest BCUT2D eigenvalue weighted by molar-refractivity contribution is 7.92. The molecule has 2 aromatic rings. The normalized spacial score (nSPS) is 12.2. The second-order valence-electron chi connectivity index (χ2n) is 8.28. The van der Waals surface area contributed by atoms with E-state index < -0.39 is 28.5 Å². The van der Waals surface area contributed by atoms with Crippen molar-refractivity contribution in [3.05, 3.63) is 62.6 Å². The van der Waals surface area contributed by atoms with E-state index in [9.17, 15) is 18.0 Å². The highest BCUT2D eigenvalue weighted by Crippen LogP contribution is 2.27. The summed E-state index contributed by atoms with van der Waals surface area (Å²) in [5, 5.41) is 3.92. The molecule has 35 heavy (non-hydrogen) atoms. The second kappa shape index (κ2) is 12.8. The summed E-state index contributed by atoms with van der Waals surface area (Å²) in [7, 11) is -3.85. The van der Waals surface area contributed by atoms with E-state index in [1.807, 2.05) is 6.92 Å². The van der Waals surface area contributed by atoms with Crippen molar-refractivity contribution >= 4 is 62.3 Å². The van der Waals surface area contributed by atoms with Crippen LogP contribution in [0.2, 0.25) is 15.1 Å². The molecule has 1 N–H and O–H groups in total. The number of rotatable bonds is 11. The Bertz CT molecular complexity index is 1170. The van der Waals surface area contributed by atoms with Gasteiger partial charge in [-0.3, -0.25) is 13.9 Å². The summed E-state index contributed by atoms with van der Waals surface area (Å²) in [5.74, 6) is -0.916. The maximum Gasteiger partial charge on any atom is 0.244 e. The van der Waals surface area contributed by atoms with Crippen molar-refractivity contribution in [2.75, 3.05) is 23.7 Å². The smallest absolute Gasteiger partial charge is 0.244 e. The maximum atomic E-state index is 13.6. The van der Waals surface area contributed by atoms with Gasteiger partial charge in [-0.05, 0) is 55.7 Å². The number of halogens is 3. The Hall–Kier alpha value is -2.00. The van der Waals surface area contributed by atoms with Crippen molar-refractivity contribution in [1.29, 1.82) is 0 Å². The number of anilines is 1. The van der Waals surface area contributed by atoms with Gasteiger partial charge < -0.3 is 10.2 Å². The molecule has 0 saturated heterocycles. The van der Waals surface area contributed by atoms with Gasteiger partial charge >= 0.3 is 0 Å². The third-order valence-corrected chi connectivity index (χ3v) is 7.42. The number of aryl methyl sites for hydroxylation is 1.